The molecule has 1 aromatic heterocycles. The van der Waals surface area contributed by atoms with Crippen LogP contribution in [0, 0.1) is 5.92 Å². The second kappa shape index (κ2) is 4.93. The molecule has 0 saturated heterocycles. The Morgan fingerprint density at radius 2 is 2.27 bits per heavy atom. The van der Waals surface area contributed by atoms with E-state index in [9.17, 15) is 4.79 Å². The fourth-order valence-corrected chi connectivity index (χ4v) is 1.11. The highest BCUT2D eigenvalue weighted by atomic mass is 16.3. The zero-order chi connectivity index (χ0) is 11.4. The Morgan fingerprint density at radius 1 is 1.60 bits per heavy atom. The number of hydrogen-bond acceptors (Lipinski definition) is 4. The lowest BCUT2D eigenvalue weighted by Crippen LogP contribution is -2.31. The summed E-state index contributed by atoms with van der Waals surface area (Å²) in [5, 5.41) is 12.0. The average Bonchev–Trinajstić information content (AvgIpc) is 2.23. The number of hydrogen-bond donors (Lipinski definition) is 2. The van der Waals surface area contributed by atoms with E-state index in [1.807, 2.05) is 13.8 Å². The fraction of sp³-hybridized carbons (Fsp3) is 0.600. The van der Waals surface area contributed by atoms with Crippen molar-refractivity contribution in [2.24, 2.45) is 13.0 Å². The molecule has 15 heavy (non-hydrogen) atoms. The summed E-state index contributed by atoms with van der Waals surface area (Å²) >= 11 is 0. The molecule has 0 bridgehead atoms. The second-order valence-corrected chi connectivity index (χ2v) is 3.78. The molecule has 0 spiro atoms. The van der Waals surface area contributed by atoms with E-state index in [2.05, 4.69) is 10.3 Å². The van der Waals surface area contributed by atoms with Crippen LogP contribution in [-0.2, 0) is 7.05 Å². The van der Waals surface area contributed by atoms with Crippen molar-refractivity contribution in [2.75, 3.05) is 11.9 Å². The van der Waals surface area contributed by atoms with Gasteiger partial charge in [-0.15, -0.1) is 0 Å². The Balaban J connectivity index is 2.81. The third-order valence-corrected chi connectivity index (χ3v) is 2.52. The predicted molar refractivity (Wildman–Crippen MR) is 58.8 cm³/mol. The van der Waals surface area contributed by atoms with E-state index in [0.29, 0.717) is 5.82 Å². The number of aliphatic hydroxyl groups is 1. The third-order valence-electron chi connectivity index (χ3n) is 2.52. The molecule has 0 saturated carbocycles. The van der Waals surface area contributed by atoms with Crippen LogP contribution >= 0.6 is 0 Å². The minimum Gasteiger partial charge on any atom is -0.396 e. The number of nitrogens with one attached hydrogen (secondary N) is 1. The van der Waals surface area contributed by atoms with E-state index in [0.717, 1.165) is 0 Å². The lowest BCUT2D eigenvalue weighted by atomic mass is 10.1. The summed E-state index contributed by atoms with van der Waals surface area (Å²) in [6.07, 6.45) is 3.17. The van der Waals surface area contributed by atoms with Crippen LogP contribution < -0.4 is 10.9 Å². The molecule has 5 heteroatoms. The van der Waals surface area contributed by atoms with Crippen molar-refractivity contribution in [3.63, 3.8) is 0 Å². The first-order valence-corrected chi connectivity index (χ1v) is 4.95. The maximum absolute atomic E-state index is 11.6. The number of rotatable bonds is 4. The average molecular weight is 211 g/mol. The lowest BCUT2D eigenvalue weighted by molar-refractivity contribution is 0.226. The van der Waals surface area contributed by atoms with Crippen molar-refractivity contribution in [3.8, 4) is 0 Å². The Labute approximate surface area is 88.8 Å². The van der Waals surface area contributed by atoms with E-state index >= 15 is 0 Å². The molecule has 0 radical (unpaired) electrons. The summed E-state index contributed by atoms with van der Waals surface area (Å²) in [5.41, 5.74) is -0.158. The molecule has 2 unspecified atom stereocenters. The summed E-state index contributed by atoms with van der Waals surface area (Å²) < 4.78 is 1.46. The summed E-state index contributed by atoms with van der Waals surface area (Å²) in [6.45, 7) is 3.90. The van der Waals surface area contributed by atoms with E-state index in [1.54, 1.807) is 19.4 Å². The first-order valence-electron chi connectivity index (χ1n) is 4.95. The van der Waals surface area contributed by atoms with Gasteiger partial charge >= 0.3 is 0 Å². The summed E-state index contributed by atoms with van der Waals surface area (Å²) in [7, 11) is 1.68. The van der Waals surface area contributed by atoms with Gasteiger partial charge in [0.05, 0.1) is 0 Å². The molecule has 1 aromatic rings. The maximum atomic E-state index is 11.6. The standard InChI is InChI=1S/C10H17N3O2/c1-7(6-14)8(2)12-9-10(15)13(3)5-4-11-9/h4-5,7-8,14H,6H2,1-3H3,(H,11,12). The largest absolute Gasteiger partial charge is 0.396 e. The van der Waals surface area contributed by atoms with Gasteiger partial charge in [0.2, 0.25) is 0 Å². The van der Waals surface area contributed by atoms with Gasteiger partial charge < -0.3 is 15.0 Å². The topological polar surface area (TPSA) is 67.2 Å². The van der Waals surface area contributed by atoms with Gasteiger partial charge in [0.25, 0.3) is 5.56 Å². The summed E-state index contributed by atoms with van der Waals surface area (Å²) in [5.74, 6) is 0.407. The normalized spacial score (nSPS) is 14.7. The molecule has 2 atom stereocenters. The van der Waals surface area contributed by atoms with Crippen molar-refractivity contribution in [1.29, 1.82) is 0 Å². The molecule has 0 amide bonds. The second-order valence-electron chi connectivity index (χ2n) is 3.78. The van der Waals surface area contributed by atoms with Gasteiger partial charge in [-0.05, 0) is 12.8 Å². The number of aromatic nitrogens is 2. The predicted octanol–water partition coefficient (Wildman–Crippen LogP) is 0.209. The van der Waals surface area contributed by atoms with Crippen LogP contribution in [-0.4, -0.2) is 27.3 Å². The fourth-order valence-electron chi connectivity index (χ4n) is 1.11. The summed E-state index contributed by atoms with van der Waals surface area (Å²) in [4.78, 5) is 15.6. The van der Waals surface area contributed by atoms with Gasteiger partial charge in [-0.1, -0.05) is 6.92 Å². The van der Waals surface area contributed by atoms with Gasteiger partial charge in [0, 0.05) is 32.1 Å². The van der Waals surface area contributed by atoms with E-state index in [-0.39, 0.29) is 24.1 Å². The van der Waals surface area contributed by atoms with Crippen LogP contribution in [0.1, 0.15) is 13.8 Å². The molecule has 1 rings (SSSR count). The number of anilines is 1. The van der Waals surface area contributed by atoms with Crippen molar-refractivity contribution in [2.45, 2.75) is 19.9 Å². The Bertz CT molecular complexity index is 375. The van der Waals surface area contributed by atoms with Gasteiger partial charge in [-0.25, -0.2) is 4.98 Å². The molecule has 2 N–H and O–H groups in total. The van der Waals surface area contributed by atoms with Crippen molar-refractivity contribution >= 4 is 5.82 Å². The zero-order valence-electron chi connectivity index (χ0n) is 9.27. The molecule has 0 aliphatic rings. The Morgan fingerprint density at radius 3 is 2.87 bits per heavy atom. The number of aliphatic hydroxyl groups excluding tert-OH is 1. The number of aryl methyl sites for hydroxylation is 1. The first kappa shape index (κ1) is 11.7. The summed E-state index contributed by atoms with van der Waals surface area (Å²) in [6, 6.07) is 0.0117. The minimum atomic E-state index is -0.158. The number of nitrogens with zero attached hydrogens (tertiary/aromatic N) is 2. The molecule has 1 heterocycles. The molecule has 0 aliphatic carbocycles. The highest BCUT2D eigenvalue weighted by Gasteiger charge is 2.13. The monoisotopic (exact) mass is 211 g/mol. The molecular formula is C10H17N3O2. The minimum absolute atomic E-state index is 0.0117. The van der Waals surface area contributed by atoms with Gasteiger partial charge in [0.1, 0.15) is 0 Å². The van der Waals surface area contributed by atoms with Gasteiger partial charge in [0.15, 0.2) is 5.82 Å². The lowest BCUT2D eigenvalue weighted by Gasteiger charge is -2.19. The quantitative estimate of drug-likeness (QED) is 0.747. The highest BCUT2D eigenvalue weighted by molar-refractivity contribution is 5.32. The molecule has 0 aliphatic heterocycles. The maximum Gasteiger partial charge on any atom is 0.293 e. The van der Waals surface area contributed by atoms with E-state index in [1.165, 1.54) is 4.57 Å². The SMILES string of the molecule is CC(CO)C(C)Nc1nccn(C)c1=O. The van der Waals surface area contributed by atoms with Gasteiger partial charge in [-0.3, -0.25) is 4.79 Å². The molecule has 0 fully saturated rings. The van der Waals surface area contributed by atoms with E-state index < -0.39 is 0 Å². The van der Waals surface area contributed by atoms with E-state index in [4.69, 9.17) is 5.11 Å². The van der Waals surface area contributed by atoms with Crippen LogP contribution in [0.4, 0.5) is 5.82 Å². The Hall–Kier alpha value is -1.36. The molecule has 0 aromatic carbocycles. The van der Waals surface area contributed by atoms with Crippen molar-refractivity contribution in [1.82, 2.24) is 9.55 Å². The molecule has 84 valence electrons. The third kappa shape index (κ3) is 2.79. The molecule has 5 nitrogen and oxygen atoms in total. The first-order chi connectivity index (χ1) is 7.06. The van der Waals surface area contributed by atoms with Crippen LogP contribution in [0.5, 0.6) is 0 Å². The van der Waals surface area contributed by atoms with Crippen molar-refractivity contribution < 1.29 is 5.11 Å². The van der Waals surface area contributed by atoms with Crippen molar-refractivity contribution in [3.05, 3.63) is 22.7 Å². The van der Waals surface area contributed by atoms with Crippen LogP contribution in [0.2, 0.25) is 0 Å². The smallest absolute Gasteiger partial charge is 0.293 e. The molecular weight excluding hydrogens is 194 g/mol. The van der Waals surface area contributed by atoms with Crippen LogP contribution in [0.3, 0.4) is 0 Å². The van der Waals surface area contributed by atoms with Crippen LogP contribution in [0.25, 0.3) is 0 Å². The van der Waals surface area contributed by atoms with Crippen LogP contribution in [0.15, 0.2) is 17.2 Å². The Kier molecular flexibility index (Phi) is 3.85. The highest BCUT2D eigenvalue weighted by Crippen LogP contribution is 2.05. The van der Waals surface area contributed by atoms with Gasteiger partial charge in [-0.2, -0.15) is 0 Å². The zero-order valence-corrected chi connectivity index (χ0v) is 9.27.